The molecule has 0 heterocycles. The van der Waals surface area contributed by atoms with E-state index in [2.05, 4.69) is 0 Å². The minimum Gasteiger partial charge on any atom is -0.493 e. The molecule has 4 bridgehead atoms. The maximum absolute atomic E-state index is 13.1. The van der Waals surface area contributed by atoms with E-state index in [1.165, 1.54) is 32.4 Å². The fourth-order valence-electron chi connectivity index (χ4n) is 6.11. The van der Waals surface area contributed by atoms with Gasteiger partial charge in [-0.15, -0.1) is 0 Å². The highest BCUT2D eigenvalue weighted by atomic mass is 16.6. The first-order valence-corrected chi connectivity index (χ1v) is 10.5. The van der Waals surface area contributed by atoms with Crippen molar-refractivity contribution in [1.82, 2.24) is 0 Å². The normalized spacial score (nSPS) is 28.8. The Morgan fingerprint density at radius 1 is 1.10 bits per heavy atom. The Hall–Kier alpha value is -2.64. The Kier molecular flexibility index (Phi) is 5.42. The van der Waals surface area contributed by atoms with Crippen molar-refractivity contribution in [3.8, 4) is 11.5 Å². The molecule has 0 unspecified atom stereocenters. The second-order valence-electron chi connectivity index (χ2n) is 8.91. The number of ketones is 1. The molecule has 0 N–H and O–H groups in total. The van der Waals surface area contributed by atoms with E-state index in [1.54, 1.807) is 6.92 Å². The minimum absolute atomic E-state index is 0.0458. The molecule has 4 saturated carbocycles. The maximum atomic E-state index is 13.1. The zero-order chi connectivity index (χ0) is 21.5. The average Bonchev–Trinajstić information content (AvgIpc) is 2.70. The van der Waals surface area contributed by atoms with Crippen LogP contribution in [0.15, 0.2) is 12.1 Å². The molecule has 1 aromatic rings. The number of hydrogen-bond donors (Lipinski definition) is 0. The third kappa shape index (κ3) is 3.63. The summed E-state index contributed by atoms with van der Waals surface area (Å²) in [5.74, 6) is 1.23. The molecule has 30 heavy (non-hydrogen) atoms. The van der Waals surface area contributed by atoms with Crippen LogP contribution in [0.3, 0.4) is 0 Å². The van der Waals surface area contributed by atoms with Gasteiger partial charge in [0, 0.05) is 11.5 Å². The SMILES string of the molecule is CCOc1cc([N+](=O)[O-])c(C(=O)OCC(=O)C23CC4CC(CC(C4)C2)C3)cc1OC. The smallest absolute Gasteiger partial charge is 0.345 e. The van der Waals surface area contributed by atoms with Crippen molar-refractivity contribution in [3.05, 3.63) is 27.8 Å². The van der Waals surface area contributed by atoms with Gasteiger partial charge in [-0.05, 0) is 63.2 Å². The molecule has 4 aliphatic carbocycles. The quantitative estimate of drug-likeness (QED) is 0.358. The zero-order valence-electron chi connectivity index (χ0n) is 17.3. The molecular formula is C22H27NO7. The van der Waals surface area contributed by atoms with Crippen LogP contribution in [0.5, 0.6) is 11.5 Å². The van der Waals surface area contributed by atoms with Crippen molar-refractivity contribution in [2.24, 2.45) is 23.2 Å². The molecule has 4 fully saturated rings. The van der Waals surface area contributed by atoms with E-state index in [0.717, 1.165) is 25.3 Å². The summed E-state index contributed by atoms with van der Waals surface area (Å²) in [6, 6.07) is 2.39. The summed E-state index contributed by atoms with van der Waals surface area (Å²) in [5, 5.41) is 11.5. The molecule has 0 atom stereocenters. The van der Waals surface area contributed by atoms with Gasteiger partial charge in [0.05, 0.1) is 24.7 Å². The van der Waals surface area contributed by atoms with Crippen molar-refractivity contribution < 1.29 is 28.7 Å². The Labute approximate surface area is 175 Å². The van der Waals surface area contributed by atoms with Gasteiger partial charge >= 0.3 is 5.97 Å². The molecule has 4 aliphatic rings. The topological polar surface area (TPSA) is 105 Å². The van der Waals surface area contributed by atoms with Gasteiger partial charge < -0.3 is 14.2 Å². The summed E-state index contributed by atoms with van der Waals surface area (Å²) in [6.07, 6.45) is 6.28. The number of carbonyl (C=O) groups excluding carboxylic acids is 2. The van der Waals surface area contributed by atoms with Crippen LogP contribution < -0.4 is 9.47 Å². The fraction of sp³-hybridized carbons (Fsp3) is 0.636. The van der Waals surface area contributed by atoms with E-state index >= 15 is 0 Å². The second kappa shape index (κ2) is 7.89. The lowest BCUT2D eigenvalue weighted by atomic mass is 9.48. The number of nitro benzene ring substituents is 1. The first-order valence-electron chi connectivity index (χ1n) is 10.5. The number of methoxy groups -OCH3 is 1. The van der Waals surface area contributed by atoms with E-state index in [1.807, 2.05) is 0 Å². The molecule has 0 aromatic heterocycles. The summed E-state index contributed by atoms with van der Waals surface area (Å²) in [5.41, 5.74) is -1.07. The van der Waals surface area contributed by atoms with Crippen LogP contribution in [0.25, 0.3) is 0 Å². The second-order valence-corrected chi connectivity index (χ2v) is 8.91. The minimum atomic E-state index is -0.902. The number of rotatable bonds is 8. The number of nitrogens with zero attached hydrogens (tertiary/aromatic N) is 1. The summed E-state index contributed by atoms with van der Waals surface area (Å²) >= 11 is 0. The van der Waals surface area contributed by atoms with Crippen molar-refractivity contribution in [1.29, 1.82) is 0 Å². The lowest BCUT2D eigenvalue weighted by Gasteiger charge is -2.55. The van der Waals surface area contributed by atoms with Crippen LogP contribution in [-0.4, -0.2) is 37.0 Å². The number of Topliss-reactive ketones (excluding diaryl/α,β-unsaturated/α-hetero) is 1. The lowest BCUT2D eigenvalue weighted by molar-refractivity contribution is -0.385. The number of esters is 1. The van der Waals surface area contributed by atoms with Crippen LogP contribution >= 0.6 is 0 Å². The highest BCUT2D eigenvalue weighted by Gasteiger charge is 2.54. The van der Waals surface area contributed by atoms with E-state index in [0.29, 0.717) is 17.8 Å². The highest BCUT2D eigenvalue weighted by molar-refractivity contribution is 5.97. The van der Waals surface area contributed by atoms with Gasteiger partial charge in [-0.1, -0.05) is 0 Å². The van der Waals surface area contributed by atoms with Gasteiger partial charge in [0.2, 0.25) is 0 Å². The number of hydrogen-bond acceptors (Lipinski definition) is 7. The third-order valence-electron chi connectivity index (χ3n) is 6.96. The van der Waals surface area contributed by atoms with E-state index < -0.39 is 16.6 Å². The molecule has 8 nitrogen and oxygen atoms in total. The molecule has 5 rings (SSSR count). The largest absolute Gasteiger partial charge is 0.493 e. The molecule has 0 amide bonds. The molecule has 8 heteroatoms. The molecule has 1 aromatic carbocycles. The summed E-state index contributed by atoms with van der Waals surface area (Å²) in [6.45, 7) is 1.68. The Morgan fingerprint density at radius 2 is 1.70 bits per heavy atom. The number of nitro groups is 1. The Morgan fingerprint density at radius 3 is 2.20 bits per heavy atom. The van der Waals surface area contributed by atoms with Gasteiger partial charge in [-0.3, -0.25) is 14.9 Å². The van der Waals surface area contributed by atoms with E-state index in [9.17, 15) is 19.7 Å². The number of ether oxygens (including phenoxy) is 3. The lowest BCUT2D eigenvalue weighted by Crippen LogP contribution is -2.51. The van der Waals surface area contributed by atoms with Gasteiger partial charge in [-0.2, -0.15) is 0 Å². The molecule has 0 aliphatic heterocycles. The van der Waals surface area contributed by atoms with Gasteiger partial charge in [0.1, 0.15) is 5.56 Å². The predicted molar refractivity (Wildman–Crippen MR) is 107 cm³/mol. The van der Waals surface area contributed by atoms with Crippen LogP contribution in [0.4, 0.5) is 5.69 Å². The van der Waals surface area contributed by atoms with Crippen molar-refractivity contribution in [2.45, 2.75) is 45.4 Å². The molecule has 0 saturated heterocycles. The van der Waals surface area contributed by atoms with E-state index in [4.69, 9.17) is 14.2 Å². The summed E-state index contributed by atoms with van der Waals surface area (Å²) < 4.78 is 15.8. The molecule has 0 spiro atoms. The standard InChI is InChI=1S/C22H27NO7/c1-3-29-19-8-17(23(26)27)16(7-18(19)28-2)21(25)30-12-20(24)22-9-13-4-14(10-22)6-15(5-13)11-22/h7-8,13-15H,3-6,9-12H2,1-2H3. The Balaban J connectivity index is 1.50. The predicted octanol–water partition coefficient (Wildman–Crippen LogP) is 3.94. The first-order chi connectivity index (χ1) is 14.3. The fourth-order valence-corrected chi connectivity index (χ4v) is 6.11. The van der Waals surface area contributed by atoms with Crippen LogP contribution in [-0.2, 0) is 9.53 Å². The molecular weight excluding hydrogens is 390 g/mol. The van der Waals surface area contributed by atoms with Gasteiger partial charge in [0.15, 0.2) is 23.9 Å². The van der Waals surface area contributed by atoms with Gasteiger partial charge in [-0.25, -0.2) is 4.79 Å². The molecule has 162 valence electrons. The first kappa shape index (κ1) is 20.6. The number of carbonyl (C=O) groups is 2. The van der Waals surface area contributed by atoms with Crippen molar-refractivity contribution in [3.63, 3.8) is 0 Å². The van der Waals surface area contributed by atoms with E-state index in [-0.39, 0.29) is 41.5 Å². The highest BCUT2D eigenvalue weighted by Crippen LogP contribution is 2.60. The number of benzene rings is 1. The van der Waals surface area contributed by atoms with Crippen LogP contribution in [0, 0.1) is 33.3 Å². The zero-order valence-corrected chi connectivity index (χ0v) is 17.3. The summed E-state index contributed by atoms with van der Waals surface area (Å²) in [7, 11) is 1.38. The monoisotopic (exact) mass is 417 g/mol. The average molecular weight is 417 g/mol. The van der Waals surface area contributed by atoms with Crippen LogP contribution in [0.1, 0.15) is 55.8 Å². The maximum Gasteiger partial charge on any atom is 0.345 e. The van der Waals surface area contributed by atoms with Crippen molar-refractivity contribution in [2.75, 3.05) is 20.3 Å². The van der Waals surface area contributed by atoms with Crippen molar-refractivity contribution >= 4 is 17.4 Å². The van der Waals surface area contributed by atoms with Gasteiger partial charge in [0.25, 0.3) is 5.69 Å². The Bertz CT molecular complexity index is 843. The summed E-state index contributed by atoms with van der Waals surface area (Å²) in [4.78, 5) is 36.5. The van der Waals surface area contributed by atoms with Crippen LogP contribution in [0.2, 0.25) is 0 Å². The third-order valence-corrected chi connectivity index (χ3v) is 6.96. The molecule has 0 radical (unpaired) electrons.